The molecule has 1 heterocycles. The molecule has 0 aliphatic rings. The Labute approximate surface area is 154 Å². The minimum absolute atomic E-state index is 0.0527. The van der Waals surface area contributed by atoms with Gasteiger partial charge >= 0.3 is 0 Å². The molecule has 2 rings (SSSR count). The molecular formula is C14H16BrCl2N3O2S. The van der Waals surface area contributed by atoms with Crippen LogP contribution in [0.4, 0.5) is 5.69 Å². The van der Waals surface area contributed by atoms with Crippen LogP contribution < -0.4 is 4.72 Å². The number of anilines is 1. The summed E-state index contributed by atoms with van der Waals surface area (Å²) in [6.45, 7) is 3.85. The highest BCUT2D eigenvalue weighted by Crippen LogP contribution is 2.35. The van der Waals surface area contributed by atoms with Crippen LogP contribution in [0.1, 0.15) is 25.2 Å². The minimum Gasteiger partial charge on any atom is -0.276 e. The molecule has 0 aliphatic heterocycles. The van der Waals surface area contributed by atoms with Gasteiger partial charge < -0.3 is 0 Å². The zero-order valence-corrected chi connectivity index (χ0v) is 16.7. The van der Waals surface area contributed by atoms with Crippen LogP contribution in [0.25, 0.3) is 0 Å². The molecule has 0 bridgehead atoms. The summed E-state index contributed by atoms with van der Waals surface area (Å²) >= 11 is 15.4. The van der Waals surface area contributed by atoms with Crippen molar-refractivity contribution in [2.75, 3.05) is 4.72 Å². The van der Waals surface area contributed by atoms with E-state index in [9.17, 15) is 8.42 Å². The van der Waals surface area contributed by atoms with Gasteiger partial charge in [-0.15, -0.1) is 0 Å². The van der Waals surface area contributed by atoms with Crippen LogP contribution in [-0.4, -0.2) is 18.2 Å². The summed E-state index contributed by atoms with van der Waals surface area (Å²) in [4.78, 5) is -0.142. The molecule has 1 aromatic heterocycles. The van der Waals surface area contributed by atoms with Crippen molar-refractivity contribution >= 4 is 54.8 Å². The normalized spacial score (nSPS) is 11.7. The molecule has 0 saturated heterocycles. The van der Waals surface area contributed by atoms with Crippen molar-refractivity contribution in [2.24, 2.45) is 7.05 Å². The maximum absolute atomic E-state index is 12.8. The van der Waals surface area contributed by atoms with E-state index in [1.807, 2.05) is 13.8 Å². The van der Waals surface area contributed by atoms with Crippen LogP contribution in [0.15, 0.2) is 21.5 Å². The van der Waals surface area contributed by atoms with Crippen LogP contribution in [0.3, 0.4) is 0 Å². The predicted molar refractivity (Wildman–Crippen MR) is 96.9 cm³/mol. The molecule has 1 N–H and O–H groups in total. The number of hydrogen-bond acceptors (Lipinski definition) is 3. The van der Waals surface area contributed by atoms with Crippen LogP contribution in [0, 0.1) is 0 Å². The SMILES string of the molecule is CCc1nn(C)c(CC)c1NS(=O)(=O)c1c(Cl)cc(Br)cc1Cl. The molecule has 0 unspecified atom stereocenters. The number of hydrogen-bond donors (Lipinski definition) is 1. The van der Waals surface area contributed by atoms with Crippen molar-refractivity contribution in [3.8, 4) is 0 Å². The Hall–Kier alpha value is -0.760. The summed E-state index contributed by atoms with van der Waals surface area (Å²) in [7, 11) is -2.14. The van der Waals surface area contributed by atoms with E-state index in [0.29, 0.717) is 28.7 Å². The molecule has 5 nitrogen and oxygen atoms in total. The molecule has 1 aromatic carbocycles. The highest BCUT2D eigenvalue weighted by Gasteiger charge is 2.26. The van der Waals surface area contributed by atoms with Crippen LogP contribution >= 0.6 is 39.1 Å². The topological polar surface area (TPSA) is 64.0 Å². The third-order valence-electron chi connectivity index (χ3n) is 3.38. The van der Waals surface area contributed by atoms with Gasteiger partial charge in [0.25, 0.3) is 10.0 Å². The number of nitrogens with one attached hydrogen (secondary N) is 1. The summed E-state index contributed by atoms with van der Waals surface area (Å²) in [6, 6.07) is 2.99. The van der Waals surface area contributed by atoms with Crippen LogP contribution in [0.2, 0.25) is 10.0 Å². The van der Waals surface area contributed by atoms with Gasteiger partial charge in [-0.05, 0) is 25.0 Å². The maximum atomic E-state index is 12.8. The first-order valence-corrected chi connectivity index (χ1v) is 9.96. The molecular weight excluding hydrogens is 425 g/mol. The van der Waals surface area contributed by atoms with Gasteiger partial charge in [-0.25, -0.2) is 8.42 Å². The Kier molecular flexibility index (Phi) is 5.66. The fourth-order valence-electron chi connectivity index (χ4n) is 2.36. The maximum Gasteiger partial charge on any atom is 0.264 e. The zero-order chi connectivity index (χ0) is 17.4. The third-order valence-corrected chi connectivity index (χ3v) is 6.10. The smallest absolute Gasteiger partial charge is 0.264 e. The minimum atomic E-state index is -3.93. The molecule has 0 atom stereocenters. The summed E-state index contributed by atoms with van der Waals surface area (Å²) in [5.74, 6) is 0. The quantitative estimate of drug-likeness (QED) is 0.748. The van der Waals surface area contributed by atoms with Crippen LogP contribution in [0.5, 0.6) is 0 Å². The Morgan fingerprint density at radius 1 is 1.22 bits per heavy atom. The van der Waals surface area contributed by atoms with E-state index in [4.69, 9.17) is 23.2 Å². The largest absolute Gasteiger partial charge is 0.276 e. The molecule has 23 heavy (non-hydrogen) atoms. The second-order valence-electron chi connectivity index (χ2n) is 4.90. The average molecular weight is 441 g/mol. The van der Waals surface area contributed by atoms with Gasteiger partial charge in [-0.3, -0.25) is 9.40 Å². The molecule has 0 fully saturated rings. The van der Waals surface area contributed by atoms with Crippen molar-refractivity contribution in [1.29, 1.82) is 0 Å². The standard InChI is InChI=1S/C14H16BrCl2N3O2S/c1-4-11-13(12(5-2)20(3)18-11)19-23(21,22)14-9(16)6-8(15)7-10(14)17/h6-7,19H,4-5H2,1-3H3. The molecule has 0 amide bonds. The fourth-order valence-corrected chi connectivity index (χ4v) is 5.42. The van der Waals surface area contributed by atoms with E-state index in [-0.39, 0.29) is 14.9 Å². The van der Waals surface area contributed by atoms with Gasteiger partial charge in [-0.2, -0.15) is 5.10 Å². The first-order chi connectivity index (χ1) is 10.7. The molecule has 126 valence electrons. The van der Waals surface area contributed by atoms with E-state index in [1.165, 1.54) is 12.1 Å². The lowest BCUT2D eigenvalue weighted by Gasteiger charge is -2.13. The van der Waals surface area contributed by atoms with Crippen molar-refractivity contribution in [2.45, 2.75) is 31.6 Å². The molecule has 0 spiro atoms. The van der Waals surface area contributed by atoms with Gasteiger partial charge in [0, 0.05) is 11.5 Å². The van der Waals surface area contributed by atoms with E-state index < -0.39 is 10.0 Å². The average Bonchev–Trinajstić information content (AvgIpc) is 2.71. The van der Waals surface area contributed by atoms with Crippen molar-refractivity contribution in [3.05, 3.63) is 38.0 Å². The lowest BCUT2D eigenvalue weighted by molar-refractivity contribution is 0.601. The Morgan fingerprint density at radius 2 is 1.78 bits per heavy atom. The van der Waals surface area contributed by atoms with Gasteiger partial charge in [0.15, 0.2) is 0 Å². The van der Waals surface area contributed by atoms with Gasteiger partial charge in [-0.1, -0.05) is 53.0 Å². The van der Waals surface area contributed by atoms with Crippen LogP contribution in [-0.2, 0) is 29.9 Å². The molecule has 2 aromatic rings. The van der Waals surface area contributed by atoms with E-state index >= 15 is 0 Å². The second-order valence-corrected chi connectivity index (χ2v) is 8.25. The van der Waals surface area contributed by atoms with Gasteiger partial charge in [0.05, 0.1) is 27.1 Å². The third kappa shape index (κ3) is 3.68. The van der Waals surface area contributed by atoms with Gasteiger partial charge in [0.1, 0.15) is 4.90 Å². The highest BCUT2D eigenvalue weighted by molar-refractivity contribution is 9.10. The number of aryl methyl sites for hydroxylation is 2. The van der Waals surface area contributed by atoms with Crippen molar-refractivity contribution in [1.82, 2.24) is 9.78 Å². The summed E-state index contributed by atoms with van der Waals surface area (Å²) in [5.41, 5.74) is 1.97. The number of sulfonamides is 1. The zero-order valence-electron chi connectivity index (χ0n) is 12.8. The first-order valence-electron chi connectivity index (χ1n) is 6.93. The van der Waals surface area contributed by atoms with Crippen molar-refractivity contribution in [3.63, 3.8) is 0 Å². The Morgan fingerprint density at radius 3 is 2.26 bits per heavy atom. The Balaban J connectivity index is 2.56. The van der Waals surface area contributed by atoms with Crippen molar-refractivity contribution < 1.29 is 8.42 Å². The molecule has 0 saturated carbocycles. The van der Waals surface area contributed by atoms with E-state index in [1.54, 1.807) is 11.7 Å². The monoisotopic (exact) mass is 439 g/mol. The number of aromatic nitrogens is 2. The predicted octanol–water partition coefficient (Wildman–Crippen LogP) is 4.42. The van der Waals surface area contributed by atoms with Gasteiger partial charge in [0.2, 0.25) is 0 Å². The lowest BCUT2D eigenvalue weighted by Crippen LogP contribution is -2.16. The number of benzene rings is 1. The summed E-state index contributed by atoms with van der Waals surface area (Å²) in [5, 5.41) is 4.46. The molecule has 0 radical (unpaired) electrons. The first kappa shape index (κ1) is 18.6. The molecule has 0 aliphatic carbocycles. The number of nitrogens with zero attached hydrogens (tertiary/aromatic N) is 2. The van der Waals surface area contributed by atoms with E-state index in [0.717, 1.165) is 5.69 Å². The van der Waals surface area contributed by atoms with E-state index in [2.05, 4.69) is 25.8 Å². The summed E-state index contributed by atoms with van der Waals surface area (Å²) in [6.07, 6.45) is 1.25. The highest BCUT2D eigenvalue weighted by atomic mass is 79.9. The second kappa shape index (κ2) is 7.01. The summed E-state index contributed by atoms with van der Waals surface area (Å²) < 4.78 is 30.4. The fraction of sp³-hybridized carbons (Fsp3) is 0.357. The number of rotatable bonds is 5. The lowest BCUT2D eigenvalue weighted by atomic mass is 10.2. The Bertz CT molecular complexity index is 827. The number of halogens is 3. The molecule has 9 heteroatoms.